The maximum atomic E-state index is 12.2. The zero-order chi connectivity index (χ0) is 17.7. The molecule has 1 atom stereocenters. The number of aliphatic carboxylic acids is 1. The van der Waals surface area contributed by atoms with Gasteiger partial charge in [-0.05, 0) is 16.7 Å². The highest BCUT2D eigenvalue weighted by atomic mass is 32.1. The Morgan fingerprint density at radius 3 is 1.32 bits per heavy atom. The van der Waals surface area contributed by atoms with Crippen molar-refractivity contribution >= 4 is 18.6 Å². The van der Waals surface area contributed by atoms with Crippen LogP contribution < -0.4 is 0 Å². The number of benzene rings is 3. The van der Waals surface area contributed by atoms with Crippen molar-refractivity contribution in [1.29, 1.82) is 0 Å². The van der Waals surface area contributed by atoms with Gasteiger partial charge in [-0.1, -0.05) is 91.0 Å². The minimum atomic E-state index is -0.855. The van der Waals surface area contributed by atoms with Crippen molar-refractivity contribution in [3.05, 3.63) is 108 Å². The Bertz CT molecular complexity index is 720. The molecule has 0 aliphatic rings. The number of carbonyl (C=O) groups is 1. The molecule has 0 heterocycles. The number of hydrogen-bond acceptors (Lipinski definition) is 2. The van der Waals surface area contributed by atoms with Gasteiger partial charge in [-0.25, -0.2) is 0 Å². The molecule has 0 amide bonds. The van der Waals surface area contributed by atoms with Crippen LogP contribution in [0.15, 0.2) is 91.0 Å². The van der Waals surface area contributed by atoms with Crippen LogP contribution >= 0.6 is 12.6 Å². The minimum Gasteiger partial charge on any atom is -0.481 e. The van der Waals surface area contributed by atoms with Crippen LogP contribution in [0.2, 0.25) is 0 Å². The Hall–Kier alpha value is -2.52. The molecule has 0 bridgehead atoms. The molecular formula is C22H20O2S. The van der Waals surface area contributed by atoms with E-state index in [1.807, 2.05) is 91.0 Å². The molecule has 0 radical (unpaired) electrons. The first-order valence-corrected chi connectivity index (χ1v) is 8.84. The molecule has 0 unspecified atom stereocenters. The minimum absolute atomic E-state index is 0.230. The maximum Gasteiger partial charge on any atom is 0.308 e. The largest absolute Gasteiger partial charge is 0.481 e. The van der Waals surface area contributed by atoms with E-state index in [0.29, 0.717) is 0 Å². The Balaban J connectivity index is 2.42. The van der Waals surface area contributed by atoms with Crippen molar-refractivity contribution in [1.82, 2.24) is 0 Å². The van der Waals surface area contributed by atoms with E-state index < -0.39 is 17.3 Å². The van der Waals surface area contributed by atoms with Crippen LogP contribution in [-0.2, 0) is 10.2 Å². The van der Waals surface area contributed by atoms with Crippen LogP contribution in [0.1, 0.15) is 16.7 Å². The molecule has 0 aliphatic heterocycles. The second-order valence-corrected chi connectivity index (χ2v) is 6.34. The predicted octanol–water partition coefficient (Wildman–Crippen LogP) is 4.65. The van der Waals surface area contributed by atoms with Gasteiger partial charge < -0.3 is 5.11 Å². The highest BCUT2D eigenvalue weighted by Gasteiger charge is 2.46. The van der Waals surface area contributed by atoms with Gasteiger partial charge in [0.25, 0.3) is 0 Å². The fraction of sp³-hybridized carbons (Fsp3) is 0.136. The summed E-state index contributed by atoms with van der Waals surface area (Å²) in [5.41, 5.74) is 2.05. The van der Waals surface area contributed by atoms with Crippen LogP contribution in [0.25, 0.3) is 0 Å². The van der Waals surface area contributed by atoms with Crippen LogP contribution in [0.3, 0.4) is 0 Å². The van der Waals surface area contributed by atoms with Crippen molar-refractivity contribution in [2.45, 2.75) is 5.41 Å². The fourth-order valence-electron chi connectivity index (χ4n) is 3.61. The van der Waals surface area contributed by atoms with Crippen molar-refractivity contribution in [3.8, 4) is 0 Å². The summed E-state index contributed by atoms with van der Waals surface area (Å²) >= 11 is 4.42. The summed E-state index contributed by atoms with van der Waals surface area (Å²) in [5.74, 6) is -1.33. The number of thiol groups is 1. The quantitative estimate of drug-likeness (QED) is 0.502. The Kier molecular flexibility index (Phi) is 5.25. The van der Waals surface area contributed by atoms with Gasteiger partial charge in [0.1, 0.15) is 0 Å². The van der Waals surface area contributed by atoms with Crippen LogP contribution in [0.5, 0.6) is 0 Å². The molecule has 126 valence electrons. The number of hydrogen-bond donors (Lipinski definition) is 2. The van der Waals surface area contributed by atoms with Crippen molar-refractivity contribution < 1.29 is 9.90 Å². The van der Waals surface area contributed by atoms with Crippen LogP contribution in [0, 0.1) is 5.92 Å². The summed E-state index contributed by atoms with van der Waals surface area (Å²) < 4.78 is 0. The average Bonchev–Trinajstić information content (AvgIpc) is 2.68. The van der Waals surface area contributed by atoms with E-state index in [4.69, 9.17) is 0 Å². The Morgan fingerprint density at radius 2 is 1.08 bits per heavy atom. The SMILES string of the molecule is O=C(O)[C@@H](CS)C(c1ccccc1)(c1ccccc1)c1ccccc1. The Morgan fingerprint density at radius 1 is 0.760 bits per heavy atom. The van der Waals surface area contributed by atoms with Crippen molar-refractivity contribution in [3.63, 3.8) is 0 Å². The monoisotopic (exact) mass is 348 g/mol. The van der Waals surface area contributed by atoms with Crippen LogP contribution in [0.4, 0.5) is 0 Å². The number of carboxylic acids is 1. The molecule has 3 aromatic carbocycles. The molecular weight excluding hydrogens is 328 g/mol. The third-order valence-electron chi connectivity index (χ3n) is 4.69. The van der Waals surface area contributed by atoms with Crippen molar-refractivity contribution in [2.75, 3.05) is 5.75 Å². The van der Waals surface area contributed by atoms with Gasteiger partial charge in [0.15, 0.2) is 0 Å². The maximum absolute atomic E-state index is 12.2. The molecule has 0 aliphatic carbocycles. The summed E-state index contributed by atoms with van der Waals surface area (Å²) in [7, 11) is 0. The summed E-state index contributed by atoms with van der Waals surface area (Å²) in [5, 5.41) is 10.0. The summed E-state index contributed by atoms with van der Waals surface area (Å²) in [6.07, 6.45) is 0. The van der Waals surface area contributed by atoms with Crippen LogP contribution in [-0.4, -0.2) is 16.8 Å². The molecule has 0 saturated heterocycles. The second kappa shape index (κ2) is 7.58. The molecule has 3 rings (SSSR count). The zero-order valence-corrected chi connectivity index (χ0v) is 14.6. The molecule has 25 heavy (non-hydrogen) atoms. The molecule has 3 heteroatoms. The zero-order valence-electron chi connectivity index (χ0n) is 13.7. The smallest absolute Gasteiger partial charge is 0.308 e. The lowest BCUT2D eigenvalue weighted by atomic mass is 9.62. The van der Waals surface area contributed by atoms with E-state index in [1.165, 1.54) is 0 Å². The molecule has 2 nitrogen and oxygen atoms in total. The van der Waals surface area contributed by atoms with Gasteiger partial charge in [0.05, 0.1) is 11.3 Å². The molecule has 0 fully saturated rings. The standard InChI is InChI=1S/C22H20O2S/c23-21(24)20(16-25)22(17-10-4-1-5-11-17,18-12-6-2-7-13-18)19-14-8-3-9-15-19/h1-15,20,25H,16H2,(H,23,24)/t20-/m1/s1. The normalized spacial score (nSPS) is 12.5. The lowest BCUT2D eigenvalue weighted by molar-refractivity contribution is -0.142. The van der Waals surface area contributed by atoms with Crippen molar-refractivity contribution in [2.24, 2.45) is 5.92 Å². The van der Waals surface area contributed by atoms with Gasteiger partial charge in [-0.15, -0.1) is 0 Å². The highest BCUT2D eigenvalue weighted by molar-refractivity contribution is 7.80. The number of carboxylic acid groups (broad SMARTS) is 1. The lowest BCUT2D eigenvalue weighted by Gasteiger charge is -2.40. The predicted molar refractivity (Wildman–Crippen MR) is 104 cm³/mol. The fourth-order valence-corrected chi connectivity index (χ4v) is 4.04. The number of rotatable bonds is 6. The van der Waals surface area contributed by atoms with Gasteiger partial charge >= 0.3 is 5.97 Å². The van der Waals surface area contributed by atoms with E-state index in [9.17, 15) is 9.90 Å². The first kappa shape index (κ1) is 17.3. The third-order valence-corrected chi connectivity index (χ3v) is 5.06. The molecule has 3 aromatic rings. The first-order valence-electron chi connectivity index (χ1n) is 8.21. The summed E-state index contributed by atoms with van der Waals surface area (Å²) in [6.45, 7) is 0. The van der Waals surface area contributed by atoms with E-state index in [1.54, 1.807) is 0 Å². The van der Waals surface area contributed by atoms with Gasteiger partial charge in [0.2, 0.25) is 0 Å². The summed E-state index contributed by atoms with van der Waals surface area (Å²) in [6, 6.07) is 29.5. The average molecular weight is 348 g/mol. The lowest BCUT2D eigenvalue weighted by Crippen LogP contribution is -2.43. The van der Waals surface area contributed by atoms with E-state index >= 15 is 0 Å². The van der Waals surface area contributed by atoms with Gasteiger partial charge in [-0.3, -0.25) is 4.79 Å². The van der Waals surface area contributed by atoms with E-state index in [0.717, 1.165) is 16.7 Å². The third kappa shape index (κ3) is 3.08. The first-order chi connectivity index (χ1) is 12.2. The second-order valence-electron chi connectivity index (χ2n) is 5.98. The molecule has 0 spiro atoms. The molecule has 1 N–H and O–H groups in total. The molecule has 0 saturated carbocycles. The van der Waals surface area contributed by atoms with E-state index in [-0.39, 0.29) is 5.75 Å². The van der Waals surface area contributed by atoms with E-state index in [2.05, 4.69) is 12.6 Å². The molecule has 0 aromatic heterocycles. The summed E-state index contributed by atoms with van der Waals surface area (Å²) in [4.78, 5) is 12.2. The van der Waals surface area contributed by atoms with Gasteiger partial charge in [0, 0.05) is 5.75 Å². The highest BCUT2D eigenvalue weighted by Crippen LogP contribution is 2.45. The van der Waals surface area contributed by atoms with Gasteiger partial charge in [-0.2, -0.15) is 12.6 Å². The topological polar surface area (TPSA) is 37.3 Å². The Labute approximate surface area is 153 Å².